The molecule has 0 fully saturated rings. The van der Waals surface area contributed by atoms with Crippen molar-refractivity contribution in [2.24, 2.45) is 0 Å². The van der Waals surface area contributed by atoms with Gasteiger partial charge >= 0.3 is 12.1 Å². The van der Waals surface area contributed by atoms with Gasteiger partial charge in [-0.3, -0.25) is 9.59 Å². The predicted molar refractivity (Wildman–Crippen MR) is 125 cm³/mol. The van der Waals surface area contributed by atoms with Crippen LogP contribution < -0.4 is 5.32 Å². The first-order valence-electron chi connectivity index (χ1n) is 11.0. The van der Waals surface area contributed by atoms with E-state index in [-0.39, 0.29) is 24.9 Å². The molecule has 0 heterocycles. The second kappa shape index (κ2) is 11.0. The van der Waals surface area contributed by atoms with E-state index in [4.69, 9.17) is 9.84 Å². The molecule has 0 bridgehead atoms. The van der Waals surface area contributed by atoms with E-state index in [1.54, 1.807) is 11.9 Å². The molecule has 0 aliphatic heterocycles. The van der Waals surface area contributed by atoms with Crippen LogP contribution in [0.2, 0.25) is 0 Å². The lowest BCUT2D eigenvalue weighted by Gasteiger charge is -2.26. The molecule has 176 valence electrons. The van der Waals surface area contributed by atoms with Crippen molar-refractivity contribution in [3.8, 4) is 11.1 Å². The highest BCUT2D eigenvalue weighted by Crippen LogP contribution is 2.44. The van der Waals surface area contributed by atoms with E-state index < -0.39 is 18.1 Å². The molecule has 0 spiro atoms. The molecule has 3 rings (SSSR count). The van der Waals surface area contributed by atoms with Crippen LogP contribution in [0, 0.1) is 0 Å². The zero-order chi connectivity index (χ0) is 24.0. The lowest BCUT2D eigenvalue weighted by molar-refractivity contribution is -0.138. The van der Waals surface area contributed by atoms with Crippen LogP contribution in [0.5, 0.6) is 0 Å². The lowest BCUT2D eigenvalue weighted by atomic mass is 9.98. The maximum Gasteiger partial charge on any atom is 0.407 e. The Morgan fingerprint density at radius 2 is 1.58 bits per heavy atom. The lowest BCUT2D eigenvalue weighted by Crippen LogP contribution is -2.52. The van der Waals surface area contributed by atoms with Crippen molar-refractivity contribution >= 4 is 18.0 Å². The van der Waals surface area contributed by atoms with E-state index in [1.807, 2.05) is 50.5 Å². The maximum absolute atomic E-state index is 12.9. The third kappa shape index (κ3) is 6.10. The Morgan fingerprint density at radius 1 is 1.00 bits per heavy atom. The fraction of sp³-hybridized carbons (Fsp3) is 0.400. The van der Waals surface area contributed by atoms with Crippen LogP contribution in [0.15, 0.2) is 48.5 Å². The minimum atomic E-state index is -0.905. The molecular weight excluding hydrogens is 422 g/mol. The van der Waals surface area contributed by atoms with Crippen molar-refractivity contribution in [1.82, 2.24) is 15.1 Å². The number of likely N-dealkylation sites (N-methyl/N-ethyl adjacent to an activating group) is 2. The molecule has 8 heteroatoms. The number of fused-ring (bicyclic) bond motifs is 3. The second-order valence-electron chi connectivity index (χ2n) is 8.54. The summed E-state index contributed by atoms with van der Waals surface area (Å²) < 4.78 is 5.58. The molecule has 33 heavy (non-hydrogen) atoms. The van der Waals surface area contributed by atoms with Crippen LogP contribution in [0.4, 0.5) is 4.79 Å². The van der Waals surface area contributed by atoms with Crippen molar-refractivity contribution in [3.63, 3.8) is 0 Å². The van der Waals surface area contributed by atoms with Gasteiger partial charge in [-0.05, 0) is 42.8 Å². The maximum atomic E-state index is 12.9. The standard InChI is InChI=1S/C25H31N3O5/c1-27(2)15-22(24(31)28(3)14-8-13-23(29)30)26-25(32)33-16-21-19-11-6-4-9-17(19)18-10-5-7-12-20(18)21/h4-7,9-12,21-22H,8,13-16H2,1-3H3,(H,26,32)(H,29,30). The highest BCUT2D eigenvalue weighted by molar-refractivity contribution is 5.86. The number of amides is 2. The number of carbonyl (C=O) groups excluding carboxylic acids is 2. The van der Waals surface area contributed by atoms with Gasteiger partial charge in [0, 0.05) is 32.5 Å². The average Bonchev–Trinajstić information content (AvgIpc) is 3.10. The van der Waals surface area contributed by atoms with Crippen LogP contribution >= 0.6 is 0 Å². The largest absolute Gasteiger partial charge is 0.481 e. The molecule has 2 aromatic carbocycles. The number of carbonyl (C=O) groups is 3. The van der Waals surface area contributed by atoms with Crippen molar-refractivity contribution < 1.29 is 24.2 Å². The Morgan fingerprint density at radius 3 is 2.12 bits per heavy atom. The van der Waals surface area contributed by atoms with Crippen LogP contribution in [-0.4, -0.2) is 79.8 Å². The minimum absolute atomic E-state index is 0.0181. The Hall–Kier alpha value is -3.39. The number of hydrogen-bond donors (Lipinski definition) is 2. The summed E-state index contributed by atoms with van der Waals surface area (Å²) in [5.41, 5.74) is 4.52. The first-order chi connectivity index (χ1) is 15.8. The zero-order valence-corrected chi connectivity index (χ0v) is 19.3. The fourth-order valence-electron chi connectivity index (χ4n) is 4.18. The van der Waals surface area contributed by atoms with E-state index >= 15 is 0 Å². The van der Waals surface area contributed by atoms with Gasteiger partial charge in [0.25, 0.3) is 0 Å². The highest BCUT2D eigenvalue weighted by Gasteiger charge is 2.30. The SMILES string of the molecule is CN(C)CC(NC(=O)OCC1c2ccccc2-c2ccccc21)C(=O)N(C)CCCC(=O)O. The smallest absolute Gasteiger partial charge is 0.407 e. The summed E-state index contributed by atoms with van der Waals surface area (Å²) >= 11 is 0. The first-order valence-corrected chi connectivity index (χ1v) is 11.0. The molecule has 2 aromatic rings. The van der Waals surface area contributed by atoms with Gasteiger partial charge in [0.15, 0.2) is 0 Å². The molecule has 1 atom stereocenters. The first kappa shape index (κ1) is 24.3. The Balaban J connectivity index is 1.63. The van der Waals surface area contributed by atoms with Crippen molar-refractivity contribution in [1.29, 1.82) is 0 Å². The van der Waals surface area contributed by atoms with Crippen molar-refractivity contribution in [3.05, 3.63) is 59.7 Å². The van der Waals surface area contributed by atoms with E-state index in [2.05, 4.69) is 17.4 Å². The van der Waals surface area contributed by atoms with Crippen LogP contribution in [-0.2, 0) is 14.3 Å². The van der Waals surface area contributed by atoms with E-state index in [9.17, 15) is 14.4 Å². The monoisotopic (exact) mass is 453 g/mol. The summed E-state index contributed by atoms with van der Waals surface area (Å²) in [4.78, 5) is 39.5. The van der Waals surface area contributed by atoms with E-state index in [0.717, 1.165) is 22.3 Å². The van der Waals surface area contributed by atoms with Gasteiger partial charge in [0.2, 0.25) is 5.91 Å². The van der Waals surface area contributed by atoms with Gasteiger partial charge in [0.05, 0.1) is 0 Å². The number of rotatable bonds is 10. The van der Waals surface area contributed by atoms with Crippen LogP contribution in [0.3, 0.4) is 0 Å². The molecule has 8 nitrogen and oxygen atoms in total. The molecule has 1 unspecified atom stereocenters. The Bertz CT molecular complexity index is 962. The zero-order valence-electron chi connectivity index (χ0n) is 19.3. The molecule has 1 aliphatic carbocycles. The molecule has 0 saturated carbocycles. The molecule has 0 radical (unpaired) electrons. The second-order valence-corrected chi connectivity index (χ2v) is 8.54. The number of carboxylic acids is 1. The number of nitrogens with one attached hydrogen (secondary N) is 1. The molecule has 0 saturated heterocycles. The van der Waals surface area contributed by atoms with Gasteiger partial charge in [-0.15, -0.1) is 0 Å². The predicted octanol–water partition coefficient (Wildman–Crippen LogP) is 2.78. The molecular formula is C25H31N3O5. The van der Waals surface area contributed by atoms with Gasteiger partial charge < -0.3 is 25.0 Å². The van der Waals surface area contributed by atoms with Crippen LogP contribution in [0.1, 0.15) is 29.9 Å². The van der Waals surface area contributed by atoms with Gasteiger partial charge in [-0.25, -0.2) is 4.79 Å². The Kier molecular flexibility index (Phi) is 8.06. The topological polar surface area (TPSA) is 99.2 Å². The van der Waals surface area contributed by atoms with Crippen LogP contribution in [0.25, 0.3) is 11.1 Å². The normalized spacial score (nSPS) is 13.2. The third-order valence-corrected chi connectivity index (χ3v) is 5.74. The summed E-state index contributed by atoms with van der Waals surface area (Å²) in [6.45, 7) is 0.755. The Labute approximate surface area is 194 Å². The van der Waals surface area contributed by atoms with E-state index in [0.29, 0.717) is 19.5 Å². The summed E-state index contributed by atoms with van der Waals surface area (Å²) in [6, 6.07) is 15.4. The third-order valence-electron chi connectivity index (χ3n) is 5.74. The van der Waals surface area contributed by atoms with Gasteiger partial charge in [-0.1, -0.05) is 48.5 Å². The number of alkyl carbamates (subject to hydrolysis) is 1. The molecule has 2 amide bonds. The van der Waals surface area contributed by atoms with E-state index in [1.165, 1.54) is 4.90 Å². The highest BCUT2D eigenvalue weighted by atomic mass is 16.5. The molecule has 1 aliphatic rings. The summed E-state index contributed by atoms with van der Waals surface area (Å²) in [5, 5.41) is 11.5. The van der Waals surface area contributed by atoms with Gasteiger partial charge in [0.1, 0.15) is 12.6 Å². The van der Waals surface area contributed by atoms with Crippen molar-refractivity contribution in [2.45, 2.75) is 24.8 Å². The number of hydrogen-bond acceptors (Lipinski definition) is 5. The van der Waals surface area contributed by atoms with Crippen molar-refractivity contribution in [2.75, 3.05) is 40.8 Å². The number of nitrogens with zero attached hydrogens (tertiary/aromatic N) is 2. The summed E-state index contributed by atoms with van der Waals surface area (Å²) in [5.74, 6) is -1.26. The fourth-order valence-corrected chi connectivity index (χ4v) is 4.18. The number of aliphatic carboxylic acids is 1. The minimum Gasteiger partial charge on any atom is -0.481 e. The summed E-state index contributed by atoms with van der Waals surface area (Å²) in [7, 11) is 5.22. The quantitative estimate of drug-likeness (QED) is 0.574. The molecule has 0 aromatic heterocycles. The number of ether oxygens (including phenoxy) is 1. The number of carboxylic acid groups (broad SMARTS) is 1. The molecule has 2 N–H and O–H groups in total. The number of benzene rings is 2. The van der Waals surface area contributed by atoms with Gasteiger partial charge in [-0.2, -0.15) is 0 Å². The summed E-state index contributed by atoms with van der Waals surface area (Å²) in [6.07, 6.45) is -0.330. The average molecular weight is 454 g/mol.